The van der Waals surface area contributed by atoms with Gasteiger partial charge in [-0.05, 0) is 38.1 Å². The SMILES string of the molecule is CN(C)c1ccc(NC(=O)NCC(O)CN2CCCCC2)cn1. The van der Waals surface area contributed by atoms with Crippen LogP contribution in [0.5, 0.6) is 0 Å². The molecule has 1 atom stereocenters. The lowest BCUT2D eigenvalue weighted by atomic mass is 10.1. The van der Waals surface area contributed by atoms with Crippen molar-refractivity contribution in [3.05, 3.63) is 18.3 Å². The highest BCUT2D eigenvalue weighted by Gasteiger charge is 2.15. The lowest BCUT2D eigenvalue weighted by molar-refractivity contribution is 0.102. The summed E-state index contributed by atoms with van der Waals surface area (Å²) in [6.07, 6.45) is 4.72. The fraction of sp³-hybridized carbons (Fsp3) is 0.625. The van der Waals surface area contributed by atoms with Crippen molar-refractivity contribution < 1.29 is 9.90 Å². The number of nitrogens with one attached hydrogen (secondary N) is 2. The summed E-state index contributed by atoms with van der Waals surface area (Å²) in [6, 6.07) is 3.30. The summed E-state index contributed by atoms with van der Waals surface area (Å²) in [5.74, 6) is 0.827. The maximum atomic E-state index is 11.8. The van der Waals surface area contributed by atoms with Crippen LogP contribution in [0.15, 0.2) is 18.3 Å². The predicted octanol–water partition coefficient (Wildman–Crippen LogP) is 1.12. The molecule has 1 aliphatic rings. The number of carbonyl (C=O) groups is 1. The zero-order valence-corrected chi connectivity index (χ0v) is 14.0. The van der Waals surface area contributed by atoms with Crippen LogP contribution < -0.4 is 15.5 Å². The van der Waals surface area contributed by atoms with E-state index in [9.17, 15) is 9.90 Å². The van der Waals surface area contributed by atoms with Gasteiger partial charge in [0.25, 0.3) is 0 Å². The van der Waals surface area contributed by atoms with Gasteiger partial charge in [-0.15, -0.1) is 0 Å². The summed E-state index contributed by atoms with van der Waals surface area (Å²) >= 11 is 0. The molecule has 1 aromatic heterocycles. The Kier molecular flexibility index (Phi) is 6.61. The third kappa shape index (κ3) is 6.03. The number of carbonyl (C=O) groups excluding carboxylic acids is 1. The molecule has 1 saturated heterocycles. The van der Waals surface area contributed by atoms with Crippen LogP contribution in [0.25, 0.3) is 0 Å². The molecule has 0 saturated carbocycles. The van der Waals surface area contributed by atoms with Gasteiger partial charge in [0.1, 0.15) is 5.82 Å². The van der Waals surface area contributed by atoms with E-state index >= 15 is 0 Å². The summed E-state index contributed by atoms with van der Waals surface area (Å²) in [7, 11) is 3.82. The van der Waals surface area contributed by atoms with Gasteiger partial charge in [-0.3, -0.25) is 0 Å². The number of aliphatic hydroxyl groups is 1. The Morgan fingerprint density at radius 1 is 1.35 bits per heavy atom. The fourth-order valence-electron chi connectivity index (χ4n) is 2.61. The van der Waals surface area contributed by atoms with Crippen molar-refractivity contribution in [3.63, 3.8) is 0 Å². The van der Waals surface area contributed by atoms with Crippen molar-refractivity contribution >= 4 is 17.5 Å². The average Bonchev–Trinajstić information content (AvgIpc) is 2.54. The molecule has 128 valence electrons. The minimum Gasteiger partial charge on any atom is -0.390 e. The number of amides is 2. The number of aromatic nitrogens is 1. The summed E-state index contributed by atoms with van der Waals surface area (Å²) in [5.41, 5.74) is 0.624. The second kappa shape index (κ2) is 8.69. The first-order chi connectivity index (χ1) is 11.0. The van der Waals surface area contributed by atoms with Gasteiger partial charge in [-0.2, -0.15) is 0 Å². The molecule has 0 radical (unpaired) electrons. The number of β-amino-alcohol motifs (C(OH)–C–C–N with tert-alkyl or cyclic N) is 1. The monoisotopic (exact) mass is 321 g/mol. The number of piperidine rings is 1. The molecule has 2 amide bonds. The highest BCUT2D eigenvalue weighted by molar-refractivity contribution is 5.89. The minimum absolute atomic E-state index is 0.242. The molecule has 0 aliphatic carbocycles. The van der Waals surface area contributed by atoms with Gasteiger partial charge in [0.05, 0.1) is 18.0 Å². The number of nitrogens with zero attached hydrogens (tertiary/aromatic N) is 3. The van der Waals surface area contributed by atoms with E-state index in [0.717, 1.165) is 18.9 Å². The topological polar surface area (TPSA) is 80.7 Å². The van der Waals surface area contributed by atoms with Crippen molar-refractivity contribution in [1.29, 1.82) is 0 Å². The van der Waals surface area contributed by atoms with Gasteiger partial charge < -0.3 is 25.5 Å². The molecule has 0 spiro atoms. The number of aliphatic hydroxyl groups excluding tert-OH is 1. The Labute approximate surface area is 137 Å². The van der Waals surface area contributed by atoms with Crippen LogP contribution in [0.4, 0.5) is 16.3 Å². The Hall–Kier alpha value is -1.86. The first-order valence-electron chi connectivity index (χ1n) is 8.13. The number of rotatable bonds is 6. The highest BCUT2D eigenvalue weighted by atomic mass is 16.3. The van der Waals surface area contributed by atoms with E-state index in [0.29, 0.717) is 12.2 Å². The molecule has 1 unspecified atom stereocenters. The molecule has 0 aromatic carbocycles. The van der Waals surface area contributed by atoms with Crippen molar-refractivity contribution in [2.75, 3.05) is 50.5 Å². The zero-order valence-electron chi connectivity index (χ0n) is 14.0. The Morgan fingerprint density at radius 3 is 2.70 bits per heavy atom. The Balaban J connectivity index is 1.69. The van der Waals surface area contributed by atoms with Crippen LogP contribution in [0.1, 0.15) is 19.3 Å². The molecular formula is C16H27N5O2. The van der Waals surface area contributed by atoms with E-state index in [2.05, 4.69) is 20.5 Å². The molecule has 7 heteroatoms. The van der Waals surface area contributed by atoms with Crippen LogP contribution in [-0.2, 0) is 0 Å². The smallest absolute Gasteiger partial charge is 0.319 e. The predicted molar refractivity (Wildman–Crippen MR) is 91.9 cm³/mol. The average molecular weight is 321 g/mol. The normalized spacial score (nSPS) is 16.7. The van der Waals surface area contributed by atoms with Crippen molar-refractivity contribution in [2.45, 2.75) is 25.4 Å². The van der Waals surface area contributed by atoms with E-state index < -0.39 is 6.10 Å². The molecule has 1 aliphatic heterocycles. The van der Waals surface area contributed by atoms with E-state index in [4.69, 9.17) is 0 Å². The maximum Gasteiger partial charge on any atom is 0.319 e. The molecule has 1 fully saturated rings. The summed E-state index contributed by atoms with van der Waals surface area (Å²) in [4.78, 5) is 20.2. The number of urea groups is 1. The number of hydrogen-bond acceptors (Lipinski definition) is 5. The first-order valence-corrected chi connectivity index (χ1v) is 8.13. The molecule has 23 heavy (non-hydrogen) atoms. The van der Waals surface area contributed by atoms with Gasteiger partial charge in [-0.25, -0.2) is 9.78 Å². The largest absolute Gasteiger partial charge is 0.390 e. The summed E-state index contributed by atoms with van der Waals surface area (Å²) in [5, 5.41) is 15.4. The molecule has 7 nitrogen and oxygen atoms in total. The van der Waals surface area contributed by atoms with Gasteiger partial charge in [-0.1, -0.05) is 6.42 Å². The number of pyridine rings is 1. The highest BCUT2D eigenvalue weighted by Crippen LogP contribution is 2.11. The Morgan fingerprint density at radius 2 is 2.09 bits per heavy atom. The quantitative estimate of drug-likeness (QED) is 0.731. The van der Waals surface area contributed by atoms with Crippen molar-refractivity contribution in [1.82, 2.24) is 15.2 Å². The minimum atomic E-state index is -0.548. The number of hydrogen-bond donors (Lipinski definition) is 3. The molecule has 3 N–H and O–H groups in total. The third-order valence-corrected chi connectivity index (χ3v) is 3.88. The lowest BCUT2D eigenvalue weighted by Crippen LogP contribution is -2.43. The van der Waals surface area contributed by atoms with Crippen molar-refractivity contribution in [3.8, 4) is 0 Å². The van der Waals surface area contributed by atoms with Crippen LogP contribution in [-0.4, -0.2) is 67.4 Å². The third-order valence-electron chi connectivity index (χ3n) is 3.88. The maximum absolute atomic E-state index is 11.8. The van der Waals surface area contributed by atoms with Crippen LogP contribution >= 0.6 is 0 Å². The first kappa shape index (κ1) is 17.5. The van der Waals surface area contributed by atoms with E-state index in [1.807, 2.05) is 25.1 Å². The summed E-state index contributed by atoms with van der Waals surface area (Å²) < 4.78 is 0. The molecule has 2 heterocycles. The van der Waals surface area contributed by atoms with Crippen molar-refractivity contribution in [2.24, 2.45) is 0 Å². The molecule has 0 bridgehead atoms. The number of likely N-dealkylation sites (tertiary alicyclic amines) is 1. The standard InChI is InChI=1S/C16H27N5O2/c1-20(2)15-7-6-13(10-17-15)19-16(23)18-11-14(22)12-21-8-4-3-5-9-21/h6-7,10,14,22H,3-5,8-9,11-12H2,1-2H3,(H2,18,19,23). The molecular weight excluding hydrogens is 294 g/mol. The summed E-state index contributed by atoms with van der Waals surface area (Å²) in [6.45, 7) is 2.92. The van der Waals surface area contributed by atoms with E-state index in [1.54, 1.807) is 12.3 Å². The van der Waals surface area contributed by atoms with Crippen LogP contribution in [0.3, 0.4) is 0 Å². The van der Waals surface area contributed by atoms with Gasteiger partial charge in [0, 0.05) is 27.2 Å². The van der Waals surface area contributed by atoms with E-state index in [-0.39, 0.29) is 12.6 Å². The van der Waals surface area contributed by atoms with Gasteiger partial charge in [0.15, 0.2) is 0 Å². The second-order valence-electron chi connectivity index (χ2n) is 6.15. The van der Waals surface area contributed by atoms with Crippen LogP contribution in [0, 0.1) is 0 Å². The number of anilines is 2. The zero-order chi connectivity index (χ0) is 16.7. The Bertz CT molecular complexity index is 486. The molecule has 2 rings (SSSR count). The second-order valence-corrected chi connectivity index (χ2v) is 6.15. The lowest BCUT2D eigenvalue weighted by Gasteiger charge is -2.28. The van der Waals surface area contributed by atoms with Gasteiger partial charge >= 0.3 is 6.03 Å². The van der Waals surface area contributed by atoms with Gasteiger partial charge in [0.2, 0.25) is 0 Å². The molecule has 1 aromatic rings. The van der Waals surface area contributed by atoms with Crippen LogP contribution in [0.2, 0.25) is 0 Å². The fourth-order valence-corrected chi connectivity index (χ4v) is 2.61. The van der Waals surface area contributed by atoms with E-state index in [1.165, 1.54) is 19.3 Å².